The third-order valence-corrected chi connectivity index (χ3v) is 5.48. The molecule has 0 saturated heterocycles. The molecule has 154 valence electrons. The molecule has 0 aromatic heterocycles. The van der Waals surface area contributed by atoms with Crippen molar-refractivity contribution in [3.05, 3.63) is 58.1 Å². The third kappa shape index (κ3) is 4.48. The molecule has 1 atom stereocenters. The second-order valence-electron chi connectivity index (χ2n) is 6.88. The number of ether oxygens (including phenoxy) is 3. The van der Waals surface area contributed by atoms with Crippen molar-refractivity contribution in [3.8, 4) is 11.5 Å². The van der Waals surface area contributed by atoms with Gasteiger partial charge >= 0.3 is 5.97 Å². The lowest BCUT2D eigenvalue weighted by molar-refractivity contribution is -0.135. The molecule has 0 saturated carbocycles. The molecule has 0 radical (unpaired) electrons. The van der Waals surface area contributed by atoms with E-state index in [-0.39, 0.29) is 29.1 Å². The molecule has 1 aliphatic carbocycles. The Kier molecular flexibility index (Phi) is 6.64. The quantitative estimate of drug-likeness (QED) is 0.663. The zero-order chi connectivity index (χ0) is 21.0. The summed E-state index contributed by atoms with van der Waals surface area (Å²) in [6.07, 6.45) is 2.92. The Labute approximate surface area is 175 Å². The molecule has 0 fully saturated rings. The number of likely N-dealkylation sites (N-methyl/N-ethyl adjacent to an activating group) is 1. The number of esters is 1. The highest BCUT2D eigenvalue weighted by Gasteiger charge is 2.27. The predicted octanol–water partition coefficient (Wildman–Crippen LogP) is 4.05. The minimum Gasteiger partial charge on any atom is -0.493 e. The normalized spacial score (nSPS) is 15.2. The van der Waals surface area contributed by atoms with Crippen molar-refractivity contribution in [3.63, 3.8) is 0 Å². The van der Waals surface area contributed by atoms with Crippen LogP contribution in [-0.2, 0) is 16.0 Å². The topological polar surface area (TPSA) is 65.1 Å². The summed E-state index contributed by atoms with van der Waals surface area (Å²) in [4.78, 5) is 26.7. The van der Waals surface area contributed by atoms with Crippen LogP contribution in [0.5, 0.6) is 11.5 Å². The standard InChI is InChI=1S/C22H24ClNO5/c1-24(18-10-6-8-14-7-4-5-9-16(14)18)20(25)13-29-22(26)15-11-17(23)21(28-3)19(12-15)27-2/h4-5,7,9,11-12,18H,6,8,10,13H2,1-3H3/t18-/m0/s1. The number of rotatable bonds is 6. The van der Waals surface area contributed by atoms with Gasteiger partial charge < -0.3 is 19.1 Å². The fourth-order valence-corrected chi connectivity index (χ4v) is 3.94. The summed E-state index contributed by atoms with van der Waals surface area (Å²) in [7, 11) is 4.65. The Morgan fingerprint density at radius 3 is 2.66 bits per heavy atom. The fourth-order valence-electron chi connectivity index (χ4n) is 3.65. The van der Waals surface area contributed by atoms with Crippen LogP contribution in [0.15, 0.2) is 36.4 Å². The molecular formula is C22H24ClNO5. The largest absolute Gasteiger partial charge is 0.493 e. The molecule has 1 aliphatic rings. The molecule has 0 aliphatic heterocycles. The summed E-state index contributed by atoms with van der Waals surface area (Å²) in [6, 6.07) is 11.0. The number of hydrogen-bond donors (Lipinski definition) is 0. The smallest absolute Gasteiger partial charge is 0.338 e. The zero-order valence-electron chi connectivity index (χ0n) is 16.7. The van der Waals surface area contributed by atoms with Crippen LogP contribution in [0.4, 0.5) is 0 Å². The molecule has 2 aromatic carbocycles. The van der Waals surface area contributed by atoms with Crippen molar-refractivity contribution in [1.29, 1.82) is 0 Å². The van der Waals surface area contributed by atoms with Gasteiger partial charge in [-0.15, -0.1) is 0 Å². The second kappa shape index (κ2) is 9.18. The molecule has 0 spiro atoms. The van der Waals surface area contributed by atoms with Gasteiger partial charge in [-0.05, 0) is 42.5 Å². The zero-order valence-corrected chi connectivity index (χ0v) is 17.5. The van der Waals surface area contributed by atoms with E-state index in [1.54, 1.807) is 11.9 Å². The molecule has 7 heteroatoms. The van der Waals surface area contributed by atoms with E-state index in [1.807, 2.05) is 12.1 Å². The summed E-state index contributed by atoms with van der Waals surface area (Å²) in [6.45, 7) is -0.347. The van der Waals surface area contributed by atoms with E-state index >= 15 is 0 Å². The van der Waals surface area contributed by atoms with Crippen molar-refractivity contribution in [2.45, 2.75) is 25.3 Å². The maximum atomic E-state index is 12.7. The molecule has 0 heterocycles. The van der Waals surface area contributed by atoms with Crippen LogP contribution in [0, 0.1) is 0 Å². The van der Waals surface area contributed by atoms with E-state index in [9.17, 15) is 9.59 Å². The van der Waals surface area contributed by atoms with E-state index < -0.39 is 5.97 Å². The molecule has 1 amide bonds. The monoisotopic (exact) mass is 417 g/mol. The van der Waals surface area contributed by atoms with Crippen LogP contribution in [0.3, 0.4) is 0 Å². The first-order chi connectivity index (χ1) is 14.0. The summed E-state index contributed by atoms with van der Waals surface area (Å²) in [5.74, 6) is -0.267. The number of carbonyl (C=O) groups is 2. The lowest BCUT2D eigenvalue weighted by Gasteiger charge is -2.33. The van der Waals surface area contributed by atoms with Gasteiger partial charge in [0.1, 0.15) is 0 Å². The van der Waals surface area contributed by atoms with Crippen LogP contribution in [0.2, 0.25) is 5.02 Å². The molecule has 2 aromatic rings. The average molecular weight is 418 g/mol. The number of amides is 1. The first kappa shape index (κ1) is 21.0. The third-order valence-electron chi connectivity index (χ3n) is 5.19. The highest BCUT2D eigenvalue weighted by molar-refractivity contribution is 6.32. The maximum Gasteiger partial charge on any atom is 0.338 e. The highest BCUT2D eigenvalue weighted by atomic mass is 35.5. The molecule has 6 nitrogen and oxygen atoms in total. The minimum atomic E-state index is -0.654. The van der Waals surface area contributed by atoms with Crippen molar-refractivity contribution in [2.24, 2.45) is 0 Å². The van der Waals surface area contributed by atoms with E-state index in [4.69, 9.17) is 25.8 Å². The van der Waals surface area contributed by atoms with Crippen LogP contribution in [0.25, 0.3) is 0 Å². The van der Waals surface area contributed by atoms with Crippen molar-refractivity contribution < 1.29 is 23.8 Å². The number of nitrogens with zero attached hydrogens (tertiary/aromatic N) is 1. The van der Waals surface area contributed by atoms with Gasteiger partial charge in [-0.1, -0.05) is 35.9 Å². The number of hydrogen-bond acceptors (Lipinski definition) is 5. The summed E-state index contributed by atoms with van der Waals surface area (Å²) in [5, 5.41) is 0.223. The van der Waals surface area contributed by atoms with Gasteiger partial charge in [-0.2, -0.15) is 0 Å². The lowest BCUT2D eigenvalue weighted by Crippen LogP contribution is -2.36. The van der Waals surface area contributed by atoms with Crippen LogP contribution < -0.4 is 9.47 Å². The van der Waals surface area contributed by atoms with Crippen molar-refractivity contribution in [1.82, 2.24) is 4.90 Å². The van der Waals surface area contributed by atoms with E-state index in [2.05, 4.69) is 12.1 Å². The highest BCUT2D eigenvalue weighted by Crippen LogP contribution is 2.36. The number of fused-ring (bicyclic) bond motifs is 1. The van der Waals surface area contributed by atoms with Gasteiger partial charge in [0.2, 0.25) is 0 Å². The van der Waals surface area contributed by atoms with Gasteiger partial charge in [0.15, 0.2) is 18.1 Å². The SMILES string of the molecule is COc1cc(C(=O)OCC(=O)N(C)[C@H]2CCCc3ccccc32)cc(Cl)c1OC. The van der Waals surface area contributed by atoms with Gasteiger partial charge in [0, 0.05) is 7.05 Å². The van der Waals surface area contributed by atoms with Crippen LogP contribution in [0.1, 0.15) is 40.4 Å². The molecule has 0 bridgehead atoms. The van der Waals surface area contributed by atoms with Crippen molar-refractivity contribution >= 4 is 23.5 Å². The number of benzene rings is 2. The summed E-state index contributed by atoms with van der Waals surface area (Å²) < 4.78 is 15.6. The van der Waals surface area contributed by atoms with Crippen LogP contribution >= 0.6 is 11.6 Å². The average Bonchev–Trinajstić information content (AvgIpc) is 2.75. The maximum absolute atomic E-state index is 12.7. The number of halogens is 1. The summed E-state index contributed by atoms with van der Waals surface area (Å²) in [5.41, 5.74) is 2.61. The Morgan fingerprint density at radius 1 is 1.17 bits per heavy atom. The van der Waals surface area contributed by atoms with Crippen molar-refractivity contribution in [2.75, 3.05) is 27.9 Å². The van der Waals surface area contributed by atoms with E-state index in [0.717, 1.165) is 24.8 Å². The van der Waals surface area contributed by atoms with Gasteiger partial charge in [-0.3, -0.25) is 4.79 Å². The second-order valence-corrected chi connectivity index (χ2v) is 7.29. The van der Waals surface area contributed by atoms with E-state index in [1.165, 1.54) is 31.9 Å². The number of carbonyl (C=O) groups excluding carboxylic acids is 2. The Hall–Kier alpha value is -2.73. The Bertz CT molecular complexity index is 914. The lowest BCUT2D eigenvalue weighted by atomic mass is 9.87. The number of methoxy groups -OCH3 is 2. The van der Waals surface area contributed by atoms with Crippen LogP contribution in [-0.4, -0.2) is 44.7 Å². The fraction of sp³-hybridized carbons (Fsp3) is 0.364. The summed E-state index contributed by atoms with van der Waals surface area (Å²) >= 11 is 6.13. The Morgan fingerprint density at radius 2 is 1.93 bits per heavy atom. The first-order valence-corrected chi connectivity index (χ1v) is 9.76. The minimum absolute atomic E-state index is 0.0123. The van der Waals surface area contributed by atoms with E-state index in [0.29, 0.717) is 11.5 Å². The first-order valence-electron chi connectivity index (χ1n) is 9.38. The molecular weight excluding hydrogens is 394 g/mol. The van der Waals surface area contributed by atoms with Gasteiger partial charge in [-0.25, -0.2) is 4.79 Å². The Balaban J connectivity index is 1.67. The predicted molar refractivity (Wildman–Crippen MR) is 110 cm³/mol. The molecule has 0 N–H and O–H groups in total. The number of aryl methyl sites for hydroxylation is 1. The van der Waals surface area contributed by atoms with Gasteiger partial charge in [0.05, 0.1) is 30.8 Å². The molecule has 3 rings (SSSR count). The van der Waals surface area contributed by atoms with Gasteiger partial charge in [0.25, 0.3) is 5.91 Å². The molecule has 0 unspecified atom stereocenters. The molecule has 29 heavy (non-hydrogen) atoms.